The fourth-order valence-electron chi connectivity index (χ4n) is 2.80. The molecule has 1 fully saturated rings. The molecule has 0 aliphatic carbocycles. The third-order valence-corrected chi connectivity index (χ3v) is 3.87. The van der Waals surface area contributed by atoms with Crippen molar-refractivity contribution in [2.75, 3.05) is 19.6 Å². The van der Waals surface area contributed by atoms with E-state index >= 15 is 0 Å². The van der Waals surface area contributed by atoms with Crippen molar-refractivity contribution in [1.82, 2.24) is 15.1 Å². The number of hydrogen-bond acceptors (Lipinski definition) is 4. The summed E-state index contributed by atoms with van der Waals surface area (Å²) in [5.74, 6) is 2.17. The van der Waals surface area contributed by atoms with E-state index in [1.165, 1.54) is 25.9 Å². The predicted octanol–water partition coefficient (Wildman–Crippen LogP) is 3.01. The van der Waals surface area contributed by atoms with Crippen LogP contribution in [0.5, 0.6) is 0 Å². The second-order valence-electron chi connectivity index (χ2n) is 5.66. The Morgan fingerprint density at radius 2 is 2.10 bits per heavy atom. The van der Waals surface area contributed by atoms with E-state index in [-0.39, 0.29) is 0 Å². The van der Waals surface area contributed by atoms with Crippen LogP contribution in [0.2, 0.25) is 0 Å². The number of aromatic nitrogens is 2. The van der Waals surface area contributed by atoms with Gasteiger partial charge in [-0.15, -0.1) is 10.2 Å². The number of piperidine rings is 1. The summed E-state index contributed by atoms with van der Waals surface area (Å²) in [6.45, 7) is 5.73. The summed E-state index contributed by atoms with van der Waals surface area (Å²) in [5.41, 5.74) is 0.984. The highest BCUT2D eigenvalue weighted by atomic mass is 16.4. The predicted molar refractivity (Wildman–Crippen MR) is 78.3 cm³/mol. The van der Waals surface area contributed by atoms with Crippen molar-refractivity contribution in [2.45, 2.75) is 26.2 Å². The fourth-order valence-corrected chi connectivity index (χ4v) is 2.80. The van der Waals surface area contributed by atoms with Crippen LogP contribution in [0.4, 0.5) is 0 Å². The molecule has 2 heterocycles. The van der Waals surface area contributed by atoms with E-state index in [1.54, 1.807) is 0 Å². The number of benzene rings is 1. The van der Waals surface area contributed by atoms with Gasteiger partial charge in [-0.25, -0.2) is 0 Å². The van der Waals surface area contributed by atoms with Gasteiger partial charge in [0.2, 0.25) is 11.8 Å². The quantitative estimate of drug-likeness (QED) is 0.857. The maximum Gasteiger partial charge on any atom is 0.247 e. The Morgan fingerprint density at radius 3 is 2.90 bits per heavy atom. The topological polar surface area (TPSA) is 42.2 Å². The summed E-state index contributed by atoms with van der Waals surface area (Å²) in [5, 5.41) is 8.28. The van der Waals surface area contributed by atoms with E-state index in [2.05, 4.69) is 22.0 Å². The lowest BCUT2D eigenvalue weighted by Crippen LogP contribution is -2.35. The number of nitrogens with zero attached hydrogens (tertiary/aromatic N) is 3. The highest BCUT2D eigenvalue weighted by Gasteiger charge is 2.17. The van der Waals surface area contributed by atoms with E-state index in [1.807, 2.05) is 30.3 Å². The third kappa shape index (κ3) is 3.25. The molecule has 1 aromatic carbocycles. The fraction of sp³-hybridized carbons (Fsp3) is 0.500. The van der Waals surface area contributed by atoms with Crippen molar-refractivity contribution in [3.63, 3.8) is 0 Å². The van der Waals surface area contributed by atoms with Crippen LogP contribution in [0.1, 0.15) is 25.7 Å². The van der Waals surface area contributed by atoms with Crippen molar-refractivity contribution in [1.29, 1.82) is 0 Å². The summed E-state index contributed by atoms with van der Waals surface area (Å²) >= 11 is 0. The standard InChI is InChI=1S/C16H21N3O/c1-13-6-5-10-19(12-13)11-9-15-17-18-16(20-15)14-7-3-2-4-8-14/h2-4,7-8,13H,5-6,9-12H2,1H3. The van der Waals surface area contributed by atoms with Gasteiger partial charge in [-0.2, -0.15) is 0 Å². The highest BCUT2D eigenvalue weighted by molar-refractivity contribution is 5.51. The molecule has 1 saturated heterocycles. The number of hydrogen-bond donors (Lipinski definition) is 0. The van der Waals surface area contributed by atoms with Gasteiger partial charge in [0.1, 0.15) is 0 Å². The van der Waals surface area contributed by atoms with Crippen molar-refractivity contribution in [2.24, 2.45) is 5.92 Å². The molecule has 3 rings (SSSR count). The van der Waals surface area contributed by atoms with Gasteiger partial charge in [-0.3, -0.25) is 0 Å². The average molecular weight is 271 g/mol. The van der Waals surface area contributed by atoms with Gasteiger partial charge in [0.15, 0.2) is 0 Å². The minimum atomic E-state index is 0.618. The maximum atomic E-state index is 5.74. The Morgan fingerprint density at radius 1 is 1.25 bits per heavy atom. The first-order valence-electron chi connectivity index (χ1n) is 7.41. The van der Waals surface area contributed by atoms with E-state index < -0.39 is 0 Å². The van der Waals surface area contributed by atoms with Crippen molar-refractivity contribution >= 4 is 0 Å². The number of rotatable bonds is 4. The Balaban J connectivity index is 1.58. The maximum absolute atomic E-state index is 5.74. The SMILES string of the molecule is CC1CCCN(CCc2nnc(-c3ccccc3)o2)C1. The molecule has 1 unspecified atom stereocenters. The van der Waals surface area contributed by atoms with Crippen molar-refractivity contribution in [3.05, 3.63) is 36.2 Å². The Kier molecular flexibility index (Phi) is 4.11. The molecule has 20 heavy (non-hydrogen) atoms. The first-order chi connectivity index (χ1) is 9.81. The second-order valence-corrected chi connectivity index (χ2v) is 5.66. The number of likely N-dealkylation sites (tertiary alicyclic amines) is 1. The monoisotopic (exact) mass is 271 g/mol. The van der Waals surface area contributed by atoms with Gasteiger partial charge < -0.3 is 9.32 Å². The van der Waals surface area contributed by atoms with Crippen LogP contribution in [0.15, 0.2) is 34.7 Å². The molecule has 4 nitrogen and oxygen atoms in total. The lowest BCUT2D eigenvalue weighted by molar-refractivity contribution is 0.182. The molecule has 0 radical (unpaired) electrons. The van der Waals surface area contributed by atoms with Crippen LogP contribution in [-0.2, 0) is 6.42 Å². The molecule has 0 bridgehead atoms. The molecule has 0 N–H and O–H groups in total. The first kappa shape index (κ1) is 13.3. The van der Waals surface area contributed by atoms with Gasteiger partial charge in [-0.1, -0.05) is 25.1 Å². The Bertz CT molecular complexity index is 538. The molecule has 4 heteroatoms. The largest absolute Gasteiger partial charge is 0.421 e. The molecular weight excluding hydrogens is 250 g/mol. The van der Waals surface area contributed by atoms with Crippen LogP contribution in [-0.4, -0.2) is 34.7 Å². The summed E-state index contributed by atoms with van der Waals surface area (Å²) in [4.78, 5) is 2.50. The van der Waals surface area contributed by atoms with Gasteiger partial charge in [0.05, 0.1) is 0 Å². The zero-order valence-electron chi connectivity index (χ0n) is 12.0. The first-order valence-corrected chi connectivity index (χ1v) is 7.41. The molecule has 0 spiro atoms. The van der Waals surface area contributed by atoms with Crippen LogP contribution in [0.25, 0.3) is 11.5 Å². The van der Waals surface area contributed by atoms with Gasteiger partial charge in [-0.05, 0) is 37.4 Å². The van der Waals surface area contributed by atoms with E-state index in [0.29, 0.717) is 5.89 Å². The normalized spacial score (nSPS) is 20.1. The summed E-state index contributed by atoms with van der Waals surface area (Å²) < 4.78 is 5.74. The van der Waals surface area contributed by atoms with Gasteiger partial charge in [0.25, 0.3) is 0 Å². The third-order valence-electron chi connectivity index (χ3n) is 3.87. The lowest BCUT2D eigenvalue weighted by atomic mass is 10.0. The molecule has 1 aliphatic heterocycles. The molecule has 0 amide bonds. The van der Waals surface area contributed by atoms with Gasteiger partial charge in [0, 0.05) is 25.1 Å². The summed E-state index contributed by atoms with van der Waals surface area (Å²) in [6.07, 6.45) is 3.50. The average Bonchev–Trinajstić information content (AvgIpc) is 2.95. The molecule has 1 aliphatic rings. The smallest absolute Gasteiger partial charge is 0.247 e. The highest BCUT2D eigenvalue weighted by Crippen LogP contribution is 2.18. The van der Waals surface area contributed by atoms with Crippen molar-refractivity contribution < 1.29 is 4.42 Å². The zero-order valence-corrected chi connectivity index (χ0v) is 12.0. The molecular formula is C16H21N3O. The molecule has 1 atom stereocenters. The molecule has 0 saturated carbocycles. The Hall–Kier alpha value is -1.68. The lowest BCUT2D eigenvalue weighted by Gasteiger charge is -2.30. The van der Waals surface area contributed by atoms with Crippen molar-refractivity contribution in [3.8, 4) is 11.5 Å². The minimum absolute atomic E-state index is 0.618. The van der Waals surface area contributed by atoms with Crippen LogP contribution >= 0.6 is 0 Å². The summed E-state index contributed by atoms with van der Waals surface area (Å²) in [7, 11) is 0. The van der Waals surface area contributed by atoms with Crippen LogP contribution < -0.4 is 0 Å². The van der Waals surface area contributed by atoms with Crippen LogP contribution in [0, 0.1) is 5.92 Å². The summed E-state index contributed by atoms with van der Waals surface area (Å²) in [6, 6.07) is 9.92. The molecule has 1 aromatic heterocycles. The van der Waals surface area contributed by atoms with Gasteiger partial charge >= 0.3 is 0 Å². The zero-order chi connectivity index (χ0) is 13.8. The molecule has 106 valence electrons. The van der Waals surface area contributed by atoms with E-state index in [4.69, 9.17) is 4.42 Å². The molecule has 2 aromatic rings. The minimum Gasteiger partial charge on any atom is -0.421 e. The van der Waals surface area contributed by atoms with Crippen LogP contribution in [0.3, 0.4) is 0 Å². The van der Waals surface area contributed by atoms with E-state index in [0.717, 1.165) is 30.3 Å². The second kappa shape index (κ2) is 6.18. The van der Waals surface area contributed by atoms with E-state index in [9.17, 15) is 0 Å². The Labute approximate surface area is 119 Å².